The number of thiazole rings is 1. The second-order valence-electron chi connectivity index (χ2n) is 7.20. The fourth-order valence-electron chi connectivity index (χ4n) is 3.88. The number of aromatic nitrogens is 1. The van der Waals surface area contributed by atoms with Gasteiger partial charge in [-0.3, -0.25) is 0 Å². The summed E-state index contributed by atoms with van der Waals surface area (Å²) >= 11 is 1.80. The van der Waals surface area contributed by atoms with E-state index in [-0.39, 0.29) is 0 Å². The van der Waals surface area contributed by atoms with Gasteiger partial charge in [0, 0.05) is 43.8 Å². The second-order valence-corrected chi connectivity index (χ2v) is 8.21. The van der Waals surface area contributed by atoms with Crippen LogP contribution in [0.1, 0.15) is 32.6 Å². The van der Waals surface area contributed by atoms with Crippen LogP contribution in [0, 0.1) is 11.3 Å². The van der Waals surface area contributed by atoms with Gasteiger partial charge in [0.2, 0.25) is 0 Å². The van der Waals surface area contributed by atoms with Gasteiger partial charge in [0.15, 0.2) is 5.13 Å². The molecule has 2 aromatic rings. The summed E-state index contributed by atoms with van der Waals surface area (Å²) in [6, 6.07) is 8.90. The van der Waals surface area contributed by atoms with Crippen LogP contribution < -0.4 is 9.80 Å². The fraction of sp³-hybridized carbons (Fsp3) is 0.500. The van der Waals surface area contributed by atoms with Crippen LogP contribution in [0.25, 0.3) is 10.4 Å². The van der Waals surface area contributed by atoms with Gasteiger partial charge in [0.05, 0.1) is 4.88 Å². The molecule has 2 aliphatic heterocycles. The van der Waals surface area contributed by atoms with E-state index < -0.39 is 0 Å². The SMILES string of the molecule is CC(=N)C1CCN(c2ncc(-c3cccc(N4CCCC4)c3)s2)CC1. The van der Waals surface area contributed by atoms with Crippen molar-refractivity contribution in [1.82, 2.24) is 4.98 Å². The molecular weight excluding hydrogens is 328 g/mol. The molecule has 1 aromatic carbocycles. The average Bonchev–Trinajstić information content (AvgIpc) is 3.34. The number of rotatable bonds is 4. The number of nitrogens with one attached hydrogen (secondary N) is 1. The van der Waals surface area contributed by atoms with E-state index in [1.807, 2.05) is 13.1 Å². The van der Waals surface area contributed by atoms with Crippen molar-refractivity contribution in [2.75, 3.05) is 36.0 Å². The Hall–Kier alpha value is -1.88. The summed E-state index contributed by atoms with van der Waals surface area (Å²) in [5.41, 5.74) is 3.45. The highest BCUT2D eigenvalue weighted by molar-refractivity contribution is 7.18. The summed E-state index contributed by atoms with van der Waals surface area (Å²) in [5, 5.41) is 8.96. The molecule has 5 heteroatoms. The first-order valence-corrected chi connectivity index (χ1v) is 10.1. The van der Waals surface area contributed by atoms with Crippen LogP contribution in [-0.4, -0.2) is 36.9 Å². The van der Waals surface area contributed by atoms with Crippen molar-refractivity contribution in [2.45, 2.75) is 32.6 Å². The Balaban J connectivity index is 1.48. The lowest BCUT2D eigenvalue weighted by atomic mass is 9.93. The molecule has 0 aliphatic carbocycles. The third kappa shape index (κ3) is 3.56. The molecule has 0 radical (unpaired) electrons. The molecule has 0 spiro atoms. The van der Waals surface area contributed by atoms with Gasteiger partial charge in [-0.1, -0.05) is 23.5 Å². The van der Waals surface area contributed by atoms with E-state index in [2.05, 4.69) is 34.1 Å². The molecular formula is C20H26N4S. The molecule has 4 rings (SSSR count). The van der Waals surface area contributed by atoms with Gasteiger partial charge in [0.1, 0.15) is 0 Å². The zero-order valence-electron chi connectivity index (χ0n) is 14.9. The Morgan fingerprint density at radius 2 is 1.88 bits per heavy atom. The van der Waals surface area contributed by atoms with E-state index in [0.29, 0.717) is 5.92 Å². The molecule has 0 unspecified atom stereocenters. The smallest absolute Gasteiger partial charge is 0.185 e. The average molecular weight is 355 g/mol. The summed E-state index contributed by atoms with van der Waals surface area (Å²) in [6.07, 6.45) is 6.79. The van der Waals surface area contributed by atoms with E-state index >= 15 is 0 Å². The molecule has 0 bridgehead atoms. The maximum absolute atomic E-state index is 7.83. The number of piperidine rings is 1. The van der Waals surface area contributed by atoms with E-state index in [4.69, 9.17) is 10.4 Å². The van der Waals surface area contributed by atoms with Crippen LogP contribution in [0.2, 0.25) is 0 Å². The van der Waals surface area contributed by atoms with Crippen molar-refractivity contribution >= 4 is 27.9 Å². The normalized spacial score (nSPS) is 18.8. The first-order chi connectivity index (χ1) is 12.2. The predicted octanol–water partition coefficient (Wildman–Crippen LogP) is 4.67. The van der Waals surface area contributed by atoms with Crippen molar-refractivity contribution < 1.29 is 0 Å². The van der Waals surface area contributed by atoms with Crippen LogP contribution in [0.15, 0.2) is 30.5 Å². The van der Waals surface area contributed by atoms with Crippen LogP contribution in [0.5, 0.6) is 0 Å². The molecule has 0 saturated carbocycles. The molecule has 132 valence electrons. The predicted molar refractivity (Wildman–Crippen MR) is 107 cm³/mol. The number of benzene rings is 1. The lowest BCUT2D eigenvalue weighted by Gasteiger charge is -2.31. The van der Waals surface area contributed by atoms with Gasteiger partial charge in [-0.25, -0.2) is 4.98 Å². The molecule has 3 heterocycles. The topological polar surface area (TPSA) is 43.2 Å². The first-order valence-electron chi connectivity index (χ1n) is 9.32. The molecule has 1 N–H and O–H groups in total. The van der Waals surface area contributed by atoms with E-state index in [9.17, 15) is 0 Å². The molecule has 2 fully saturated rings. The van der Waals surface area contributed by atoms with Crippen molar-refractivity contribution in [3.05, 3.63) is 30.5 Å². The van der Waals surface area contributed by atoms with Gasteiger partial charge < -0.3 is 15.2 Å². The summed E-state index contributed by atoms with van der Waals surface area (Å²) in [4.78, 5) is 10.8. The van der Waals surface area contributed by atoms with Gasteiger partial charge in [-0.15, -0.1) is 0 Å². The summed E-state index contributed by atoms with van der Waals surface area (Å²) in [5.74, 6) is 0.466. The highest BCUT2D eigenvalue weighted by Crippen LogP contribution is 2.35. The monoisotopic (exact) mass is 354 g/mol. The third-order valence-electron chi connectivity index (χ3n) is 5.47. The van der Waals surface area contributed by atoms with E-state index in [1.165, 1.54) is 42.1 Å². The highest BCUT2D eigenvalue weighted by Gasteiger charge is 2.22. The number of nitrogens with zero attached hydrogens (tertiary/aromatic N) is 3. The Labute approximate surface area is 154 Å². The van der Waals surface area contributed by atoms with Crippen molar-refractivity contribution in [3.8, 4) is 10.4 Å². The highest BCUT2D eigenvalue weighted by atomic mass is 32.1. The summed E-state index contributed by atoms with van der Waals surface area (Å²) in [7, 11) is 0. The van der Waals surface area contributed by atoms with Gasteiger partial charge >= 0.3 is 0 Å². The van der Waals surface area contributed by atoms with Crippen LogP contribution >= 0.6 is 11.3 Å². The minimum Gasteiger partial charge on any atom is -0.372 e. The largest absolute Gasteiger partial charge is 0.372 e. The number of hydrogen-bond acceptors (Lipinski definition) is 5. The van der Waals surface area contributed by atoms with Crippen LogP contribution in [0.4, 0.5) is 10.8 Å². The van der Waals surface area contributed by atoms with Crippen molar-refractivity contribution in [1.29, 1.82) is 5.41 Å². The van der Waals surface area contributed by atoms with Crippen LogP contribution in [-0.2, 0) is 0 Å². The molecule has 1 aromatic heterocycles. The number of hydrogen-bond donors (Lipinski definition) is 1. The standard InChI is InChI=1S/C20H26N4S/c1-15(21)16-7-11-24(12-8-16)20-22-14-19(25-20)17-5-4-6-18(13-17)23-9-2-3-10-23/h4-6,13-14,16,21H,2-3,7-12H2,1H3. The number of anilines is 2. The molecule has 0 amide bonds. The van der Waals surface area contributed by atoms with Gasteiger partial charge in [-0.05, 0) is 56.2 Å². The van der Waals surface area contributed by atoms with Crippen molar-refractivity contribution in [2.24, 2.45) is 5.92 Å². The summed E-state index contributed by atoms with van der Waals surface area (Å²) in [6.45, 7) is 6.33. The molecule has 2 saturated heterocycles. The fourth-order valence-corrected chi connectivity index (χ4v) is 4.84. The summed E-state index contributed by atoms with van der Waals surface area (Å²) < 4.78 is 0. The van der Waals surface area contributed by atoms with E-state index in [0.717, 1.165) is 36.8 Å². The van der Waals surface area contributed by atoms with Gasteiger partial charge in [0.25, 0.3) is 0 Å². The molecule has 2 aliphatic rings. The Kier molecular flexibility index (Phi) is 4.75. The maximum atomic E-state index is 7.83. The first kappa shape index (κ1) is 16.6. The Bertz CT molecular complexity index is 740. The van der Waals surface area contributed by atoms with E-state index in [1.54, 1.807) is 11.3 Å². The quantitative estimate of drug-likeness (QED) is 0.812. The minimum atomic E-state index is 0.466. The van der Waals surface area contributed by atoms with Crippen molar-refractivity contribution in [3.63, 3.8) is 0 Å². The third-order valence-corrected chi connectivity index (χ3v) is 6.58. The lowest BCUT2D eigenvalue weighted by molar-refractivity contribution is 0.499. The molecule has 0 atom stereocenters. The minimum absolute atomic E-state index is 0.466. The lowest BCUT2D eigenvalue weighted by Crippen LogP contribution is -2.35. The Morgan fingerprint density at radius 1 is 1.12 bits per heavy atom. The van der Waals surface area contributed by atoms with Crippen LogP contribution in [0.3, 0.4) is 0 Å². The zero-order valence-corrected chi connectivity index (χ0v) is 15.7. The molecule has 4 nitrogen and oxygen atoms in total. The second kappa shape index (κ2) is 7.16. The van der Waals surface area contributed by atoms with Gasteiger partial charge in [-0.2, -0.15) is 0 Å². The molecule has 25 heavy (non-hydrogen) atoms. The zero-order chi connectivity index (χ0) is 17.2. The Morgan fingerprint density at radius 3 is 2.60 bits per heavy atom. The maximum Gasteiger partial charge on any atom is 0.185 e.